The fourth-order valence-electron chi connectivity index (χ4n) is 2.44. The number of benzene rings is 2. The number of ether oxygens (including phenoxy) is 2. The molecule has 0 saturated heterocycles. The van der Waals surface area contributed by atoms with Gasteiger partial charge in [-0.05, 0) is 40.2 Å². The van der Waals surface area contributed by atoms with Gasteiger partial charge in [0.15, 0.2) is 0 Å². The van der Waals surface area contributed by atoms with E-state index in [2.05, 4.69) is 31.8 Å². The van der Waals surface area contributed by atoms with Crippen molar-refractivity contribution >= 4 is 39.6 Å². The second-order valence-corrected chi connectivity index (χ2v) is 7.00. The molecule has 0 heterocycles. The molecule has 2 N–H and O–H groups in total. The lowest BCUT2D eigenvalue weighted by atomic mass is 10.2. The van der Waals surface area contributed by atoms with Crippen LogP contribution in [-0.2, 0) is 15.8 Å². The third-order valence-corrected chi connectivity index (χ3v) is 4.57. The monoisotopic (exact) mass is 501 g/mol. The van der Waals surface area contributed by atoms with Gasteiger partial charge in [-0.25, -0.2) is 5.43 Å². The highest BCUT2D eigenvalue weighted by molar-refractivity contribution is 9.10. The first-order chi connectivity index (χ1) is 14.6. The van der Waals surface area contributed by atoms with E-state index in [1.54, 1.807) is 12.1 Å². The maximum absolute atomic E-state index is 12.7. The number of alkyl halides is 3. The molecule has 0 aliphatic heterocycles. The first-order valence-corrected chi connectivity index (χ1v) is 9.64. The zero-order valence-electron chi connectivity index (χ0n) is 16.5. The normalized spacial score (nSPS) is 11.3. The number of amides is 2. The summed E-state index contributed by atoms with van der Waals surface area (Å²) in [5.41, 5.74) is 1.96. The van der Waals surface area contributed by atoms with E-state index in [1.165, 1.54) is 32.6 Å². The van der Waals surface area contributed by atoms with Crippen LogP contribution >= 0.6 is 15.9 Å². The van der Waals surface area contributed by atoms with Gasteiger partial charge in [0.25, 0.3) is 0 Å². The zero-order chi connectivity index (χ0) is 23.0. The highest BCUT2D eigenvalue weighted by Crippen LogP contribution is 2.32. The first-order valence-electron chi connectivity index (χ1n) is 8.84. The quantitative estimate of drug-likeness (QED) is 0.415. The molecule has 0 saturated carbocycles. The molecule has 0 bridgehead atoms. The maximum atomic E-state index is 12.7. The Morgan fingerprint density at radius 3 is 2.39 bits per heavy atom. The third kappa shape index (κ3) is 7.28. The van der Waals surface area contributed by atoms with E-state index in [-0.39, 0.29) is 18.5 Å². The Bertz CT molecular complexity index is 981. The van der Waals surface area contributed by atoms with Gasteiger partial charge in [-0.3, -0.25) is 9.59 Å². The van der Waals surface area contributed by atoms with Crippen molar-refractivity contribution in [1.29, 1.82) is 0 Å². The van der Waals surface area contributed by atoms with E-state index in [1.807, 2.05) is 0 Å². The highest BCUT2D eigenvalue weighted by atomic mass is 79.9. The van der Waals surface area contributed by atoms with Crippen LogP contribution in [-0.4, -0.2) is 32.2 Å². The number of rotatable bonds is 8. The molecular formula is C20H19BrF3N3O4. The number of methoxy groups -OCH3 is 2. The number of nitrogens with zero attached hydrogens (tertiary/aromatic N) is 1. The molecule has 0 atom stereocenters. The number of nitrogens with one attached hydrogen (secondary N) is 2. The summed E-state index contributed by atoms with van der Waals surface area (Å²) in [6.07, 6.45) is -3.58. The highest BCUT2D eigenvalue weighted by Gasteiger charge is 2.30. The Kier molecular flexibility index (Phi) is 8.43. The molecule has 0 unspecified atom stereocenters. The van der Waals surface area contributed by atoms with Crippen LogP contribution < -0.4 is 20.2 Å². The molecule has 7 nitrogen and oxygen atoms in total. The van der Waals surface area contributed by atoms with Crippen molar-refractivity contribution in [1.82, 2.24) is 5.43 Å². The van der Waals surface area contributed by atoms with E-state index >= 15 is 0 Å². The molecule has 31 heavy (non-hydrogen) atoms. The maximum Gasteiger partial charge on any atom is 0.416 e. The standard InChI is InChI=1S/C20H19BrF3N3O4/c1-30-16-10-17(31-2)15(21)8-12(16)11-25-27-19(29)7-6-18(28)26-14-5-3-4-13(9-14)20(22,23)24/h3-5,8-11H,6-7H2,1-2H3,(H,26,28)(H,27,29). The number of hydrogen-bond acceptors (Lipinski definition) is 5. The number of hydrazone groups is 1. The van der Waals surface area contributed by atoms with Gasteiger partial charge in [-0.1, -0.05) is 6.07 Å². The number of carbonyl (C=O) groups is 2. The Morgan fingerprint density at radius 2 is 1.74 bits per heavy atom. The summed E-state index contributed by atoms with van der Waals surface area (Å²) in [6.45, 7) is 0. The minimum atomic E-state index is -4.51. The average Bonchev–Trinajstić information content (AvgIpc) is 2.72. The van der Waals surface area contributed by atoms with E-state index in [0.29, 0.717) is 21.5 Å². The summed E-state index contributed by atoms with van der Waals surface area (Å²) in [7, 11) is 2.98. The molecule has 2 rings (SSSR count). The smallest absolute Gasteiger partial charge is 0.416 e. The van der Waals surface area contributed by atoms with Crippen LogP contribution in [0.1, 0.15) is 24.0 Å². The Balaban J connectivity index is 1.87. The fourth-order valence-corrected chi connectivity index (χ4v) is 2.96. The summed E-state index contributed by atoms with van der Waals surface area (Å²) in [5, 5.41) is 6.16. The molecule has 11 heteroatoms. The van der Waals surface area contributed by atoms with Gasteiger partial charge < -0.3 is 14.8 Å². The van der Waals surface area contributed by atoms with Gasteiger partial charge in [0.1, 0.15) is 11.5 Å². The van der Waals surface area contributed by atoms with Crippen molar-refractivity contribution in [3.63, 3.8) is 0 Å². The topological polar surface area (TPSA) is 89.0 Å². The average molecular weight is 502 g/mol. The van der Waals surface area contributed by atoms with Gasteiger partial charge in [-0.15, -0.1) is 0 Å². The zero-order valence-corrected chi connectivity index (χ0v) is 18.1. The van der Waals surface area contributed by atoms with Gasteiger partial charge in [0.2, 0.25) is 11.8 Å². The lowest BCUT2D eigenvalue weighted by Crippen LogP contribution is -2.20. The van der Waals surface area contributed by atoms with Gasteiger partial charge in [0, 0.05) is 30.2 Å². The van der Waals surface area contributed by atoms with Crippen molar-refractivity contribution < 1.29 is 32.2 Å². The summed E-state index contributed by atoms with van der Waals surface area (Å²) in [4.78, 5) is 23.8. The van der Waals surface area contributed by atoms with Crippen LogP contribution in [0.15, 0.2) is 46.0 Å². The number of anilines is 1. The Hall–Kier alpha value is -3.08. The van der Waals surface area contributed by atoms with Gasteiger partial charge >= 0.3 is 6.18 Å². The molecule has 0 fully saturated rings. The van der Waals surface area contributed by atoms with E-state index < -0.39 is 23.6 Å². The molecule has 166 valence electrons. The molecule has 0 aliphatic rings. The van der Waals surface area contributed by atoms with Crippen molar-refractivity contribution in [3.05, 3.63) is 52.0 Å². The van der Waals surface area contributed by atoms with Crippen LogP contribution in [0.25, 0.3) is 0 Å². The molecule has 0 spiro atoms. The lowest BCUT2D eigenvalue weighted by Gasteiger charge is -2.10. The summed E-state index contributed by atoms with van der Waals surface area (Å²) in [6, 6.07) is 7.57. The van der Waals surface area contributed by atoms with Crippen LogP contribution in [0, 0.1) is 0 Å². The van der Waals surface area contributed by atoms with Gasteiger partial charge in [0.05, 0.1) is 30.5 Å². The molecule has 0 aromatic heterocycles. The largest absolute Gasteiger partial charge is 0.496 e. The second kappa shape index (κ2) is 10.8. The fraction of sp³-hybridized carbons (Fsp3) is 0.250. The molecule has 2 aromatic carbocycles. The van der Waals surface area contributed by atoms with Crippen molar-refractivity contribution in [2.24, 2.45) is 5.10 Å². The Morgan fingerprint density at radius 1 is 1.06 bits per heavy atom. The van der Waals surface area contributed by atoms with E-state index in [9.17, 15) is 22.8 Å². The second-order valence-electron chi connectivity index (χ2n) is 6.15. The van der Waals surface area contributed by atoms with E-state index in [0.717, 1.165) is 12.1 Å². The predicted octanol–water partition coefficient (Wildman–Crippen LogP) is 4.35. The van der Waals surface area contributed by atoms with Gasteiger partial charge in [-0.2, -0.15) is 18.3 Å². The lowest BCUT2D eigenvalue weighted by molar-refractivity contribution is -0.137. The van der Waals surface area contributed by atoms with Crippen molar-refractivity contribution in [2.75, 3.05) is 19.5 Å². The molecule has 2 amide bonds. The van der Waals surface area contributed by atoms with Crippen LogP contribution in [0.4, 0.5) is 18.9 Å². The molecule has 0 aliphatic carbocycles. The number of halogens is 4. The minimum absolute atomic E-state index is 0.00423. The summed E-state index contributed by atoms with van der Waals surface area (Å²) >= 11 is 3.34. The Labute approximate surface area is 184 Å². The summed E-state index contributed by atoms with van der Waals surface area (Å²) < 4.78 is 49.2. The van der Waals surface area contributed by atoms with Crippen molar-refractivity contribution in [3.8, 4) is 11.5 Å². The molecular weight excluding hydrogens is 483 g/mol. The van der Waals surface area contributed by atoms with E-state index in [4.69, 9.17) is 9.47 Å². The number of carbonyl (C=O) groups excluding carboxylic acids is 2. The molecule has 0 radical (unpaired) electrons. The number of hydrogen-bond donors (Lipinski definition) is 2. The van der Waals surface area contributed by atoms with Crippen molar-refractivity contribution in [2.45, 2.75) is 19.0 Å². The SMILES string of the molecule is COc1cc(OC)c(C=NNC(=O)CCC(=O)Nc2cccc(C(F)(F)F)c2)cc1Br. The summed E-state index contributed by atoms with van der Waals surface area (Å²) in [5.74, 6) is -0.107. The predicted molar refractivity (Wildman–Crippen MR) is 112 cm³/mol. The molecule has 2 aromatic rings. The van der Waals surface area contributed by atoms with Crippen LogP contribution in [0.3, 0.4) is 0 Å². The van der Waals surface area contributed by atoms with Crippen LogP contribution in [0.2, 0.25) is 0 Å². The van der Waals surface area contributed by atoms with Crippen LogP contribution in [0.5, 0.6) is 11.5 Å². The minimum Gasteiger partial charge on any atom is -0.496 e. The first kappa shape index (κ1) is 24.2. The third-order valence-electron chi connectivity index (χ3n) is 3.95.